The maximum Gasteiger partial charge on any atom is 0.266 e. The molecule has 0 aliphatic carbocycles. The zero-order valence-electron chi connectivity index (χ0n) is 7.84. The molecule has 1 heterocycles. The Morgan fingerprint density at radius 1 is 1.43 bits per heavy atom. The molecule has 1 aliphatic rings. The molecule has 1 amide bonds. The van der Waals surface area contributed by atoms with Gasteiger partial charge >= 0.3 is 0 Å². The number of anilines is 1. The van der Waals surface area contributed by atoms with Gasteiger partial charge in [-0.25, -0.2) is 0 Å². The Morgan fingerprint density at radius 3 is 2.93 bits per heavy atom. The highest BCUT2D eigenvalue weighted by Gasteiger charge is 2.22. The fraction of sp³-hybridized carbons (Fsp3) is 0.200. The highest BCUT2D eigenvalue weighted by atomic mass is 16.2. The average molecular weight is 189 g/mol. The van der Waals surface area contributed by atoms with Gasteiger partial charge in [0.15, 0.2) is 6.17 Å². The van der Waals surface area contributed by atoms with E-state index in [2.05, 4.69) is 4.99 Å². The summed E-state index contributed by atoms with van der Waals surface area (Å²) in [4.78, 5) is 17.1. The molecule has 1 atom stereocenters. The summed E-state index contributed by atoms with van der Waals surface area (Å²) >= 11 is 0. The summed E-state index contributed by atoms with van der Waals surface area (Å²) in [5.41, 5.74) is 7.31. The lowest BCUT2D eigenvalue weighted by Crippen LogP contribution is -2.39. The third-order valence-electron chi connectivity index (χ3n) is 2.26. The van der Waals surface area contributed by atoms with E-state index in [-0.39, 0.29) is 5.91 Å². The van der Waals surface area contributed by atoms with Crippen LogP contribution in [-0.4, -0.2) is 25.3 Å². The number of hydrogen-bond donors (Lipinski definition) is 1. The summed E-state index contributed by atoms with van der Waals surface area (Å²) in [6.45, 7) is 0. The third-order valence-corrected chi connectivity index (χ3v) is 2.26. The number of nitrogens with zero attached hydrogens (tertiary/aromatic N) is 2. The Morgan fingerprint density at radius 2 is 2.14 bits per heavy atom. The Hall–Kier alpha value is -1.68. The van der Waals surface area contributed by atoms with Gasteiger partial charge in [-0.3, -0.25) is 9.79 Å². The van der Waals surface area contributed by atoms with Crippen LogP contribution in [0.25, 0.3) is 0 Å². The van der Waals surface area contributed by atoms with Crippen molar-refractivity contribution < 1.29 is 4.79 Å². The summed E-state index contributed by atoms with van der Waals surface area (Å²) < 4.78 is 0. The highest BCUT2D eigenvalue weighted by Crippen LogP contribution is 2.20. The normalized spacial score (nSPS) is 20.6. The Bertz CT molecular complexity index is 400. The molecule has 14 heavy (non-hydrogen) atoms. The van der Waals surface area contributed by atoms with Gasteiger partial charge in [0.2, 0.25) is 0 Å². The first kappa shape index (κ1) is 8.90. The Labute approximate surface area is 82.0 Å². The fourth-order valence-corrected chi connectivity index (χ4v) is 1.44. The number of carbonyl (C=O) groups is 1. The van der Waals surface area contributed by atoms with Crippen LogP contribution in [0.1, 0.15) is 5.56 Å². The van der Waals surface area contributed by atoms with E-state index in [9.17, 15) is 4.79 Å². The molecule has 4 heteroatoms. The predicted molar refractivity (Wildman–Crippen MR) is 55.4 cm³/mol. The maximum atomic E-state index is 11.6. The molecular weight excluding hydrogens is 178 g/mol. The van der Waals surface area contributed by atoms with E-state index in [0.717, 1.165) is 11.3 Å². The number of fused-ring (bicyclic) bond motifs is 1. The quantitative estimate of drug-likeness (QED) is 0.641. The minimum absolute atomic E-state index is 0.189. The van der Waals surface area contributed by atoms with Crippen molar-refractivity contribution in [2.45, 2.75) is 6.17 Å². The monoisotopic (exact) mass is 189 g/mol. The van der Waals surface area contributed by atoms with E-state index in [0.29, 0.717) is 0 Å². The number of amides is 1. The van der Waals surface area contributed by atoms with Crippen LogP contribution in [0.15, 0.2) is 29.3 Å². The first-order chi connectivity index (χ1) is 6.70. The van der Waals surface area contributed by atoms with Crippen molar-refractivity contribution in [2.75, 3.05) is 11.9 Å². The summed E-state index contributed by atoms with van der Waals surface area (Å²) in [7, 11) is 1.70. The second-order valence-corrected chi connectivity index (χ2v) is 3.18. The zero-order valence-corrected chi connectivity index (χ0v) is 7.84. The first-order valence-corrected chi connectivity index (χ1v) is 4.35. The molecule has 4 nitrogen and oxygen atoms in total. The number of carbonyl (C=O) groups excluding carboxylic acids is 1. The summed E-state index contributed by atoms with van der Waals surface area (Å²) in [6.07, 6.45) is 0.855. The lowest BCUT2D eigenvalue weighted by Gasteiger charge is -2.18. The van der Waals surface area contributed by atoms with Gasteiger partial charge in [0, 0.05) is 18.8 Å². The van der Waals surface area contributed by atoms with Crippen LogP contribution in [0, 0.1) is 0 Å². The first-order valence-electron chi connectivity index (χ1n) is 4.35. The lowest BCUT2D eigenvalue weighted by atomic mass is 10.2. The van der Waals surface area contributed by atoms with Crippen LogP contribution in [-0.2, 0) is 4.79 Å². The largest absolute Gasteiger partial charge is 0.312 e. The molecule has 72 valence electrons. The van der Waals surface area contributed by atoms with Gasteiger partial charge in [0.1, 0.15) is 0 Å². The standard InChI is InChI=1S/C10H11N3O/c1-13-8-5-3-2-4-7(8)6-12-9(11)10(13)14/h2-6,9H,11H2,1H3/t9-/m1/s1. The molecule has 0 saturated carbocycles. The predicted octanol–water partition coefficient (Wildman–Crippen LogP) is 0.367. The van der Waals surface area contributed by atoms with Gasteiger partial charge in [0.05, 0.1) is 5.69 Å². The van der Waals surface area contributed by atoms with Gasteiger partial charge in [-0.05, 0) is 6.07 Å². The maximum absolute atomic E-state index is 11.6. The number of aliphatic imine (C=N–C) groups is 1. The SMILES string of the molecule is CN1C(=O)[C@H](N)N=Cc2ccccc21. The van der Waals surface area contributed by atoms with Gasteiger partial charge in [0.25, 0.3) is 5.91 Å². The van der Waals surface area contributed by atoms with E-state index >= 15 is 0 Å². The van der Waals surface area contributed by atoms with Crippen LogP contribution in [0.4, 0.5) is 5.69 Å². The Balaban J connectivity index is 2.54. The van der Waals surface area contributed by atoms with Crippen molar-refractivity contribution >= 4 is 17.8 Å². The van der Waals surface area contributed by atoms with Gasteiger partial charge in [-0.2, -0.15) is 0 Å². The van der Waals surface area contributed by atoms with Crippen LogP contribution in [0.2, 0.25) is 0 Å². The molecule has 0 spiro atoms. The molecular formula is C10H11N3O. The number of benzodiazepines with no additional fused rings is 1. The van der Waals surface area contributed by atoms with E-state index < -0.39 is 6.17 Å². The molecule has 1 aromatic carbocycles. The number of nitrogens with two attached hydrogens (primary N) is 1. The van der Waals surface area contributed by atoms with Crippen LogP contribution >= 0.6 is 0 Å². The minimum Gasteiger partial charge on any atom is -0.312 e. The van der Waals surface area contributed by atoms with E-state index in [1.165, 1.54) is 4.90 Å². The van der Waals surface area contributed by atoms with E-state index in [1.807, 2.05) is 24.3 Å². The van der Waals surface area contributed by atoms with E-state index in [4.69, 9.17) is 5.73 Å². The number of rotatable bonds is 0. The van der Waals surface area contributed by atoms with Gasteiger partial charge in [-0.15, -0.1) is 0 Å². The van der Waals surface area contributed by atoms with Gasteiger partial charge < -0.3 is 10.6 Å². The molecule has 0 radical (unpaired) electrons. The molecule has 0 fully saturated rings. The molecule has 0 saturated heterocycles. The van der Waals surface area contributed by atoms with Crippen LogP contribution in [0.5, 0.6) is 0 Å². The van der Waals surface area contributed by atoms with Crippen molar-refractivity contribution in [1.29, 1.82) is 0 Å². The Kier molecular flexibility index (Phi) is 2.05. The molecule has 1 aromatic rings. The highest BCUT2D eigenvalue weighted by molar-refractivity contribution is 6.04. The van der Waals surface area contributed by atoms with Crippen molar-refractivity contribution in [2.24, 2.45) is 10.7 Å². The lowest BCUT2D eigenvalue weighted by molar-refractivity contribution is -0.119. The molecule has 0 aromatic heterocycles. The molecule has 0 bridgehead atoms. The van der Waals surface area contributed by atoms with E-state index in [1.54, 1.807) is 13.3 Å². The van der Waals surface area contributed by atoms with Gasteiger partial charge in [-0.1, -0.05) is 18.2 Å². The number of para-hydroxylation sites is 1. The van der Waals surface area contributed by atoms with Crippen molar-refractivity contribution in [3.8, 4) is 0 Å². The molecule has 2 rings (SSSR count). The second kappa shape index (κ2) is 3.23. The van der Waals surface area contributed by atoms with Crippen molar-refractivity contribution in [3.05, 3.63) is 29.8 Å². The minimum atomic E-state index is -0.785. The number of benzene rings is 1. The summed E-state index contributed by atoms with van der Waals surface area (Å²) in [5, 5.41) is 0. The topological polar surface area (TPSA) is 58.7 Å². The number of likely N-dealkylation sites (N-methyl/N-ethyl adjacent to an activating group) is 1. The zero-order chi connectivity index (χ0) is 10.1. The van der Waals surface area contributed by atoms with Crippen molar-refractivity contribution in [3.63, 3.8) is 0 Å². The molecule has 2 N–H and O–H groups in total. The summed E-state index contributed by atoms with van der Waals surface area (Å²) in [6, 6.07) is 7.56. The third kappa shape index (κ3) is 1.29. The smallest absolute Gasteiger partial charge is 0.266 e. The molecule has 0 unspecified atom stereocenters. The second-order valence-electron chi connectivity index (χ2n) is 3.18. The molecule has 1 aliphatic heterocycles. The summed E-state index contributed by atoms with van der Waals surface area (Å²) in [5.74, 6) is -0.189. The van der Waals surface area contributed by atoms with Crippen LogP contribution in [0.3, 0.4) is 0 Å². The van der Waals surface area contributed by atoms with Crippen LogP contribution < -0.4 is 10.6 Å². The number of hydrogen-bond acceptors (Lipinski definition) is 3. The fourth-order valence-electron chi connectivity index (χ4n) is 1.44. The average Bonchev–Trinajstić information content (AvgIpc) is 2.32. The van der Waals surface area contributed by atoms with Crippen molar-refractivity contribution in [1.82, 2.24) is 0 Å².